The minimum Gasteiger partial charge on any atom is -0.321 e. The molecule has 0 unspecified atom stereocenters. The van der Waals surface area contributed by atoms with Gasteiger partial charge in [0.1, 0.15) is 0 Å². The molecule has 0 bridgehead atoms. The first-order valence-corrected chi connectivity index (χ1v) is 6.13. The highest BCUT2D eigenvalue weighted by Crippen LogP contribution is 2.34. The van der Waals surface area contributed by atoms with E-state index in [-0.39, 0.29) is 5.91 Å². The van der Waals surface area contributed by atoms with Crippen LogP contribution < -0.4 is 5.32 Å². The van der Waals surface area contributed by atoms with E-state index in [4.69, 9.17) is 0 Å². The normalized spacial score (nSPS) is 12.7. The Hall–Kier alpha value is -2.68. The van der Waals surface area contributed by atoms with E-state index in [1.165, 1.54) is 0 Å². The second-order valence-corrected chi connectivity index (χ2v) is 4.57. The van der Waals surface area contributed by atoms with Crippen molar-refractivity contribution in [1.29, 1.82) is 0 Å². The topological polar surface area (TPSA) is 42.0 Å². The van der Waals surface area contributed by atoms with E-state index < -0.39 is 0 Å². The molecule has 19 heavy (non-hydrogen) atoms. The van der Waals surface area contributed by atoms with Gasteiger partial charge in [0.05, 0.1) is 22.5 Å². The predicted molar refractivity (Wildman–Crippen MR) is 75.1 cm³/mol. The van der Waals surface area contributed by atoms with Crippen LogP contribution in [0.4, 0.5) is 5.69 Å². The molecule has 3 aromatic rings. The molecule has 4 rings (SSSR count). The molecule has 0 saturated carbocycles. The predicted octanol–water partition coefficient (Wildman–Crippen LogP) is 3.47. The zero-order valence-electron chi connectivity index (χ0n) is 10.1. The second kappa shape index (κ2) is 3.65. The molecule has 1 aliphatic heterocycles. The first kappa shape index (κ1) is 10.3. The lowest BCUT2D eigenvalue weighted by molar-refractivity contribution is 0.103. The summed E-state index contributed by atoms with van der Waals surface area (Å²) in [5.74, 6) is -0.0502. The van der Waals surface area contributed by atoms with Crippen molar-refractivity contribution in [3.63, 3.8) is 0 Å². The maximum atomic E-state index is 12.0. The summed E-state index contributed by atoms with van der Waals surface area (Å²) in [7, 11) is 0. The number of hydrogen-bond acceptors (Lipinski definition) is 2. The van der Waals surface area contributed by atoms with E-state index in [9.17, 15) is 4.79 Å². The Morgan fingerprint density at radius 3 is 2.63 bits per heavy atom. The Labute approximate surface area is 109 Å². The summed E-state index contributed by atoms with van der Waals surface area (Å²) in [6.45, 7) is 0. The third-order valence-electron chi connectivity index (χ3n) is 3.40. The van der Waals surface area contributed by atoms with Crippen molar-refractivity contribution in [3.8, 4) is 11.3 Å². The maximum absolute atomic E-state index is 12.0. The summed E-state index contributed by atoms with van der Waals surface area (Å²) in [6.07, 6.45) is 0. The summed E-state index contributed by atoms with van der Waals surface area (Å²) in [4.78, 5) is 16.6. The van der Waals surface area contributed by atoms with Gasteiger partial charge < -0.3 is 5.32 Å². The number of hydrogen-bond donors (Lipinski definition) is 1. The Morgan fingerprint density at radius 1 is 0.947 bits per heavy atom. The van der Waals surface area contributed by atoms with Crippen LogP contribution in [0.2, 0.25) is 0 Å². The van der Waals surface area contributed by atoms with Crippen molar-refractivity contribution in [1.82, 2.24) is 4.98 Å². The van der Waals surface area contributed by atoms with Gasteiger partial charge in [-0.2, -0.15) is 0 Å². The number of amides is 1. The van der Waals surface area contributed by atoms with Gasteiger partial charge in [0.2, 0.25) is 0 Å². The fourth-order valence-corrected chi connectivity index (χ4v) is 2.52. The van der Waals surface area contributed by atoms with Crippen molar-refractivity contribution >= 4 is 22.5 Å². The van der Waals surface area contributed by atoms with Crippen LogP contribution in [0, 0.1) is 0 Å². The molecule has 1 aromatic heterocycles. The Morgan fingerprint density at radius 2 is 1.79 bits per heavy atom. The number of pyridine rings is 1. The average molecular weight is 246 g/mol. The zero-order chi connectivity index (χ0) is 12.8. The quantitative estimate of drug-likeness (QED) is 0.714. The van der Waals surface area contributed by atoms with Crippen molar-refractivity contribution in [2.45, 2.75) is 0 Å². The molecule has 1 N–H and O–H groups in total. The largest absolute Gasteiger partial charge is 0.321 e. The summed E-state index contributed by atoms with van der Waals surface area (Å²) < 4.78 is 0. The van der Waals surface area contributed by atoms with E-state index >= 15 is 0 Å². The number of nitrogens with one attached hydrogen (secondary N) is 1. The minimum absolute atomic E-state index is 0.0502. The van der Waals surface area contributed by atoms with Gasteiger partial charge in [0, 0.05) is 10.9 Å². The maximum Gasteiger partial charge on any atom is 0.256 e. The van der Waals surface area contributed by atoms with Crippen LogP contribution in [-0.2, 0) is 0 Å². The highest BCUT2D eigenvalue weighted by molar-refractivity contribution is 6.23. The van der Waals surface area contributed by atoms with Crippen LogP contribution in [0.1, 0.15) is 10.4 Å². The van der Waals surface area contributed by atoms with E-state index in [1.54, 1.807) is 0 Å². The number of aromatic nitrogens is 1. The molecule has 0 spiro atoms. The molecule has 3 nitrogen and oxygen atoms in total. The molecule has 90 valence electrons. The molecule has 0 fully saturated rings. The molecular weight excluding hydrogens is 236 g/mol. The van der Waals surface area contributed by atoms with Crippen LogP contribution in [0.25, 0.3) is 22.2 Å². The van der Waals surface area contributed by atoms with E-state index in [0.29, 0.717) is 5.56 Å². The highest BCUT2D eigenvalue weighted by atomic mass is 16.1. The van der Waals surface area contributed by atoms with E-state index in [1.807, 2.05) is 54.6 Å². The second-order valence-electron chi connectivity index (χ2n) is 4.57. The monoisotopic (exact) mass is 246 g/mol. The highest BCUT2D eigenvalue weighted by Gasteiger charge is 2.22. The van der Waals surface area contributed by atoms with E-state index in [0.717, 1.165) is 27.8 Å². The first-order chi connectivity index (χ1) is 9.33. The van der Waals surface area contributed by atoms with Gasteiger partial charge in [-0.1, -0.05) is 36.4 Å². The van der Waals surface area contributed by atoms with Gasteiger partial charge >= 0.3 is 0 Å². The molecular formula is C16H10N2O. The van der Waals surface area contributed by atoms with Crippen LogP contribution in [0.3, 0.4) is 0 Å². The molecule has 0 atom stereocenters. The standard InChI is InChI=1S/C16H10N2O/c19-16-11-9-14(10-5-2-1-3-6-10)17-12-7-4-8-13(18-16)15(11)12/h1-9H,(H,18,19). The zero-order valence-corrected chi connectivity index (χ0v) is 10.1. The molecule has 0 radical (unpaired) electrons. The number of carbonyl (C=O) groups excluding carboxylic acids is 1. The van der Waals surface area contributed by atoms with Crippen molar-refractivity contribution in [3.05, 3.63) is 60.2 Å². The minimum atomic E-state index is -0.0502. The lowest BCUT2D eigenvalue weighted by Gasteiger charge is -2.04. The first-order valence-electron chi connectivity index (χ1n) is 6.13. The lowest BCUT2D eigenvalue weighted by Crippen LogP contribution is -2.04. The fraction of sp³-hybridized carbons (Fsp3) is 0. The lowest BCUT2D eigenvalue weighted by atomic mass is 10.1. The van der Waals surface area contributed by atoms with Crippen molar-refractivity contribution < 1.29 is 4.79 Å². The Balaban J connectivity index is 2.06. The SMILES string of the molecule is O=C1Nc2cccc3nc(-c4ccccc4)cc1c23. The Bertz CT molecular complexity index is 810. The van der Waals surface area contributed by atoms with Gasteiger partial charge in [0.25, 0.3) is 5.91 Å². The fourth-order valence-electron chi connectivity index (χ4n) is 2.52. The molecule has 2 heterocycles. The average Bonchev–Trinajstić information content (AvgIpc) is 2.78. The van der Waals surface area contributed by atoms with Crippen LogP contribution in [0.15, 0.2) is 54.6 Å². The van der Waals surface area contributed by atoms with Gasteiger partial charge in [0.15, 0.2) is 0 Å². The van der Waals surface area contributed by atoms with Gasteiger partial charge in [-0.15, -0.1) is 0 Å². The third kappa shape index (κ3) is 1.45. The van der Waals surface area contributed by atoms with Crippen molar-refractivity contribution in [2.24, 2.45) is 0 Å². The number of anilines is 1. The molecule has 0 aliphatic carbocycles. The van der Waals surface area contributed by atoms with E-state index in [2.05, 4.69) is 10.3 Å². The summed E-state index contributed by atoms with van der Waals surface area (Å²) >= 11 is 0. The molecule has 0 saturated heterocycles. The molecule has 1 aliphatic rings. The summed E-state index contributed by atoms with van der Waals surface area (Å²) in [5.41, 5.74) is 4.26. The van der Waals surface area contributed by atoms with Gasteiger partial charge in [-0.05, 0) is 18.2 Å². The van der Waals surface area contributed by atoms with Crippen LogP contribution in [-0.4, -0.2) is 10.9 Å². The van der Waals surface area contributed by atoms with Crippen molar-refractivity contribution in [2.75, 3.05) is 5.32 Å². The number of benzene rings is 2. The molecule has 2 aromatic carbocycles. The number of nitrogens with zero attached hydrogens (tertiary/aromatic N) is 1. The van der Waals surface area contributed by atoms with Gasteiger partial charge in [-0.25, -0.2) is 4.98 Å². The van der Waals surface area contributed by atoms with Gasteiger partial charge in [-0.3, -0.25) is 4.79 Å². The number of carbonyl (C=O) groups is 1. The number of rotatable bonds is 1. The van der Waals surface area contributed by atoms with Crippen LogP contribution >= 0.6 is 0 Å². The third-order valence-corrected chi connectivity index (χ3v) is 3.40. The summed E-state index contributed by atoms with van der Waals surface area (Å²) in [5, 5.41) is 3.79. The molecule has 1 amide bonds. The van der Waals surface area contributed by atoms with Crippen LogP contribution in [0.5, 0.6) is 0 Å². The summed E-state index contributed by atoms with van der Waals surface area (Å²) in [6, 6.07) is 17.5. The molecule has 3 heteroatoms. The smallest absolute Gasteiger partial charge is 0.256 e. The Kier molecular flexibility index (Phi) is 1.97.